The van der Waals surface area contributed by atoms with Crippen molar-refractivity contribution >= 4 is 47.3 Å². The van der Waals surface area contributed by atoms with Gasteiger partial charge in [0.05, 0.1) is 23.9 Å². The quantitative estimate of drug-likeness (QED) is 0.205. The van der Waals surface area contributed by atoms with Crippen molar-refractivity contribution in [2.24, 2.45) is 0 Å². The molecule has 0 atom stereocenters. The first kappa shape index (κ1) is 28.4. The van der Waals surface area contributed by atoms with Crippen molar-refractivity contribution in [3.8, 4) is 0 Å². The van der Waals surface area contributed by atoms with E-state index in [-0.39, 0.29) is 34.1 Å². The molecule has 0 aromatic heterocycles. The maximum Gasteiger partial charge on any atom is 0.339 e. The van der Waals surface area contributed by atoms with Gasteiger partial charge in [-0.1, -0.05) is 36.4 Å². The van der Waals surface area contributed by atoms with Crippen LogP contribution in [0.15, 0.2) is 91.0 Å². The van der Waals surface area contributed by atoms with Crippen LogP contribution in [-0.4, -0.2) is 43.0 Å². The molecule has 0 saturated carbocycles. The molecule has 41 heavy (non-hydrogen) atoms. The van der Waals surface area contributed by atoms with Crippen LogP contribution in [0.4, 0.5) is 15.8 Å². The number of hydrogen-bond acceptors (Lipinski definition) is 5. The Kier molecular flexibility index (Phi) is 8.69. The highest BCUT2D eigenvalue weighted by molar-refractivity contribution is 6.09. The minimum absolute atomic E-state index is 0.0728. The van der Waals surface area contributed by atoms with Crippen LogP contribution in [0.5, 0.6) is 0 Å². The summed E-state index contributed by atoms with van der Waals surface area (Å²) in [5, 5.41) is 11.7. The zero-order valence-electron chi connectivity index (χ0n) is 22.1. The number of ether oxygens (including phenoxy) is 1. The first-order chi connectivity index (χ1) is 19.7. The smallest absolute Gasteiger partial charge is 0.339 e. The first-order valence-corrected chi connectivity index (χ1v) is 12.4. The fourth-order valence-corrected chi connectivity index (χ4v) is 3.95. The first-order valence-electron chi connectivity index (χ1n) is 12.4. The number of anilines is 2. The lowest BCUT2D eigenvalue weighted by molar-refractivity contribution is 0.0600. The van der Waals surface area contributed by atoms with Crippen molar-refractivity contribution in [2.75, 3.05) is 24.4 Å². The average molecular weight is 553 g/mol. The Bertz CT molecular complexity index is 1650. The largest absolute Gasteiger partial charge is 0.478 e. The van der Waals surface area contributed by atoms with Gasteiger partial charge in [-0.25, -0.2) is 14.0 Å². The van der Waals surface area contributed by atoms with Crippen molar-refractivity contribution in [3.63, 3.8) is 0 Å². The molecule has 206 valence electrons. The van der Waals surface area contributed by atoms with E-state index in [4.69, 9.17) is 9.84 Å². The van der Waals surface area contributed by atoms with Gasteiger partial charge in [0.25, 0.3) is 11.8 Å². The third-order valence-electron chi connectivity index (χ3n) is 6.26. The van der Waals surface area contributed by atoms with Crippen molar-refractivity contribution in [1.29, 1.82) is 0 Å². The van der Waals surface area contributed by atoms with E-state index in [0.29, 0.717) is 22.4 Å². The summed E-state index contributed by atoms with van der Waals surface area (Å²) in [6.07, 6.45) is 3.23. The van der Waals surface area contributed by atoms with Gasteiger partial charge in [0.1, 0.15) is 5.82 Å². The molecule has 0 aliphatic heterocycles. The summed E-state index contributed by atoms with van der Waals surface area (Å²) in [5.41, 5.74) is 2.50. The number of carbonyl (C=O) groups is 4. The standard InChI is InChI=1S/C32H25FN2O6/c1-35(30(37)23-10-12-24(13-11-23)31(38)39)25-16-14-22(15-17-25)29(36)34-28-18-8-20(19-26(28)32(40)41-2)7-9-21-5-3-4-6-27(21)33/h3-19H,1-2H3,(H,34,36)(H,38,39)/b9-7+. The molecule has 8 nitrogen and oxygen atoms in total. The summed E-state index contributed by atoms with van der Waals surface area (Å²) in [7, 11) is 2.79. The summed E-state index contributed by atoms with van der Waals surface area (Å²) < 4.78 is 18.8. The fourth-order valence-electron chi connectivity index (χ4n) is 3.95. The number of carboxylic acids is 1. The molecule has 0 aliphatic carbocycles. The average Bonchev–Trinajstić information content (AvgIpc) is 3.00. The van der Waals surface area contributed by atoms with Gasteiger partial charge in [-0.2, -0.15) is 0 Å². The molecule has 0 saturated heterocycles. The Hall–Kier alpha value is -5.57. The van der Waals surface area contributed by atoms with Crippen LogP contribution in [0.25, 0.3) is 12.2 Å². The van der Waals surface area contributed by atoms with Gasteiger partial charge in [0.15, 0.2) is 0 Å². The van der Waals surface area contributed by atoms with E-state index in [9.17, 15) is 23.6 Å². The number of methoxy groups -OCH3 is 1. The lowest BCUT2D eigenvalue weighted by atomic mass is 10.1. The van der Waals surface area contributed by atoms with Crippen LogP contribution < -0.4 is 10.2 Å². The molecule has 0 fully saturated rings. The third-order valence-corrected chi connectivity index (χ3v) is 6.26. The van der Waals surface area contributed by atoms with E-state index >= 15 is 0 Å². The summed E-state index contributed by atoms with van der Waals surface area (Å²) in [5.74, 6) is -2.97. The van der Waals surface area contributed by atoms with E-state index in [1.165, 1.54) is 60.5 Å². The number of rotatable bonds is 8. The Morgan fingerprint density at radius 1 is 0.829 bits per heavy atom. The lowest BCUT2D eigenvalue weighted by Gasteiger charge is -2.18. The number of nitrogens with zero attached hydrogens (tertiary/aromatic N) is 1. The topological polar surface area (TPSA) is 113 Å². The number of nitrogens with one attached hydrogen (secondary N) is 1. The Balaban J connectivity index is 1.49. The maximum atomic E-state index is 13.9. The van der Waals surface area contributed by atoms with Crippen LogP contribution >= 0.6 is 0 Å². The minimum atomic E-state index is -1.09. The SMILES string of the molecule is COC(=O)c1cc(/C=C/c2ccccc2F)ccc1NC(=O)c1ccc(N(C)C(=O)c2ccc(C(=O)O)cc2)cc1. The van der Waals surface area contributed by atoms with Crippen molar-refractivity contribution in [1.82, 2.24) is 0 Å². The molecule has 2 N–H and O–H groups in total. The van der Waals surface area contributed by atoms with Crippen molar-refractivity contribution in [3.05, 3.63) is 130 Å². The van der Waals surface area contributed by atoms with E-state index in [1.807, 2.05) is 0 Å². The van der Waals surface area contributed by atoms with Crippen molar-refractivity contribution in [2.45, 2.75) is 0 Å². The Morgan fingerprint density at radius 3 is 2.10 bits per heavy atom. The number of carboxylic acid groups (broad SMARTS) is 1. The zero-order valence-corrected chi connectivity index (χ0v) is 22.1. The highest BCUT2D eigenvalue weighted by Crippen LogP contribution is 2.23. The molecule has 0 aliphatic rings. The number of aromatic carboxylic acids is 1. The van der Waals surface area contributed by atoms with Crippen molar-refractivity contribution < 1.29 is 33.4 Å². The highest BCUT2D eigenvalue weighted by Gasteiger charge is 2.18. The molecule has 0 bridgehead atoms. The van der Waals surface area contributed by atoms with E-state index in [0.717, 1.165) is 0 Å². The van der Waals surface area contributed by atoms with Gasteiger partial charge in [-0.15, -0.1) is 0 Å². The molecule has 0 spiro atoms. The molecular weight excluding hydrogens is 527 g/mol. The number of hydrogen-bond donors (Lipinski definition) is 2. The van der Waals surface area contributed by atoms with Gasteiger partial charge in [0, 0.05) is 29.4 Å². The molecular formula is C32H25FN2O6. The molecule has 9 heteroatoms. The van der Waals surface area contributed by atoms with Gasteiger partial charge in [0.2, 0.25) is 0 Å². The predicted molar refractivity (Wildman–Crippen MR) is 154 cm³/mol. The highest BCUT2D eigenvalue weighted by atomic mass is 19.1. The van der Waals surface area contributed by atoms with E-state index < -0.39 is 17.8 Å². The second-order valence-electron chi connectivity index (χ2n) is 8.90. The van der Waals surface area contributed by atoms with Crippen LogP contribution in [-0.2, 0) is 4.74 Å². The van der Waals surface area contributed by atoms with Crippen LogP contribution in [0.3, 0.4) is 0 Å². The Labute approximate surface area is 235 Å². The van der Waals surface area contributed by atoms with Gasteiger partial charge in [-0.3, -0.25) is 9.59 Å². The maximum absolute atomic E-state index is 13.9. The summed E-state index contributed by atoms with van der Waals surface area (Å²) in [6.45, 7) is 0. The minimum Gasteiger partial charge on any atom is -0.478 e. The third kappa shape index (κ3) is 6.72. The zero-order chi connectivity index (χ0) is 29.5. The molecule has 4 rings (SSSR count). The normalized spacial score (nSPS) is 10.7. The number of esters is 1. The van der Waals surface area contributed by atoms with E-state index in [1.54, 1.807) is 61.7 Å². The molecule has 0 radical (unpaired) electrons. The number of halogens is 1. The fraction of sp³-hybridized carbons (Fsp3) is 0.0625. The predicted octanol–water partition coefficient (Wildman–Crippen LogP) is 6.01. The van der Waals surface area contributed by atoms with Crippen LogP contribution in [0.1, 0.15) is 52.6 Å². The second kappa shape index (κ2) is 12.5. The summed E-state index contributed by atoms with van der Waals surface area (Å²) in [4.78, 5) is 50.7. The van der Waals surface area contributed by atoms with Gasteiger partial charge < -0.3 is 20.1 Å². The van der Waals surface area contributed by atoms with Gasteiger partial charge in [-0.05, 0) is 72.3 Å². The lowest BCUT2D eigenvalue weighted by Crippen LogP contribution is -2.26. The van der Waals surface area contributed by atoms with Crippen LogP contribution in [0, 0.1) is 5.82 Å². The van der Waals surface area contributed by atoms with Gasteiger partial charge >= 0.3 is 11.9 Å². The monoisotopic (exact) mass is 552 g/mol. The number of benzene rings is 4. The molecule has 4 aromatic carbocycles. The molecule has 0 unspecified atom stereocenters. The summed E-state index contributed by atoms with van der Waals surface area (Å²) in [6, 6.07) is 22.9. The van der Waals surface area contributed by atoms with E-state index in [2.05, 4.69) is 5.32 Å². The number of amides is 2. The van der Waals surface area contributed by atoms with Crippen LogP contribution in [0.2, 0.25) is 0 Å². The molecule has 0 heterocycles. The number of carbonyl (C=O) groups excluding carboxylic acids is 3. The molecule has 4 aromatic rings. The second-order valence-corrected chi connectivity index (χ2v) is 8.90. The Morgan fingerprint density at radius 2 is 1.46 bits per heavy atom. The molecule has 2 amide bonds. The summed E-state index contributed by atoms with van der Waals surface area (Å²) >= 11 is 0.